The average molecular weight is 314 g/mol. The minimum absolute atomic E-state index is 0.242. The highest BCUT2D eigenvalue weighted by Gasteiger charge is 2.28. The summed E-state index contributed by atoms with van der Waals surface area (Å²) in [6.45, 7) is 6.62. The second-order valence-corrected chi connectivity index (χ2v) is 7.15. The van der Waals surface area contributed by atoms with Crippen molar-refractivity contribution in [2.45, 2.75) is 57.9 Å². The van der Waals surface area contributed by atoms with Gasteiger partial charge in [0.05, 0.1) is 0 Å². The van der Waals surface area contributed by atoms with E-state index in [-0.39, 0.29) is 5.91 Å². The zero-order chi connectivity index (χ0) is 16.1. The van der Waals surface area contributed by atoms with Gasteiger partial charge in [-0.1, -0.05) is 24.6 Å². The van der Waals surface area contributed by atoms with Crippen molar-refractivity contribution < 1.29 is 4.79 Å². The van der Waals surface area contributed by atoms with Crippen molar-refractivity contribution in [3.8, 4) is 0 Å². The van der Waals surface area contributed by atoms with Crippen LogP contribution < -0.4 is 0 Å². The molecule has 2 aliphatic heterocycles. The quantitative estimate of drug-likeness (QED) is 0.842. The maximum absolute atomic E-state index is 13.0. The summed E-state index contributed by atoms with van der Waals surface area (Å²) in [5.41, 5.74) is 1.98. The molecule has 0 radical (unpaired) electrons. The fourth-order valence-electron chi connectivity index (χ4n) is 4.05. The summed E-state index contributed by atoms with van der Waals surface area (Å²) >= 11 is 0. The van der Waals surface area contributed by atoms with Crippen LogP contribution in [0, 0.1) is 6.92 Å². The Balaban J connectivity index is 1.63. The first kappa shape index (κ1) is 16.5. The molecule has 0 spiro atoms. The summed E-state index contributed by atoms with van der Waals surface area (Å²) in [5, 5.41) is 0. The highest BCUT2D eigenvalue weighted by Crippen LogP contribution is 2.24. The first-order valence-corrected chi connectivity index (χ1v) is 9.34. The van der Waals surface area contributed by atoms with E-state index in [0.29, 0.717) is 6.04 Å². The zero-order valence-electron chi connectivity index (χ0n) is 14.5. The summed E-state index contributed by atoms with van der Waals surface area (Å²) in [6.07, 6.45) is 8.80. The lowest BCUT2D eigenvalue weighted by atomic mass is 9.96. The molecule has 0 saturated carbocycles. The Bertz CT molecular complexity index is 522. The Morgan fingerprint density at radius 3 is 2.57 bits per heavy atom. The molecule has 3 rings (SSSR count). The van der Waals surface area contributed by atoms with E-state index in [1.807, 2.05) is 31.2 Å². The third-order valence-electron chi connectivity index (χ3n) is 5.49. The topological polar surface area (TPSA) is 23.6 Å². The van der Waals surface area contributed by atoms with E-state index in [2.05, 4.69) is 9.80 Å². The minimum Gasteiger partial charge on any atom is -0.336 e. The number of aryl methyl sites for hydroxylation is 1. The van der Waals surface area contributed by atoms with Crippen LogP contribution in [0.1, 0.15) is 60.9 Å². The molecule has 0 aromatic heterocycles. The minimum atomic E-state index is 0.242. The van der Waals surface area contributed by atoms with E-state index in [1.165, 1.54) is 45.2 Å². The standard InChI is InChI=1S/C20H30N2O/c1-17-9-3-4-11-19(17)20(23)22-15-8-5-10-18(22)12-16-21-13-6-2-7-14-21/h3-4,9,11,18H,2,5-8,10,12-16H2,1H3/t18-/m1/s1. The maximum atomic E-state index is 13.0. The summed E-state index contributed by atoms with van der Waals surface area (Å²) < 4.78 is 0. The molecule has 1 amide bonds. The van der Waals surface area contributed by atoms with Crippen LogP contribution >= 0.6 is 0 Å². The van der Waals surface area contributed by atoms with Crippen molar-refractivity contribution in [3.05, 3.63) is 35.4 Å². The Hall–Kier alpha value is -1.35. The van der Waals surface area contributed by atoms with Gasteiger partial charge in [-0.25, -0.2) is 0 Å². The molecule has 0 unspecified atom stereocenters. The van der Waals surface area contributed by atoms with Crippen LogP contribution in [0.3, 0.4) is 0 Å². The van der Waals surface area contributed by atoms with Crippen LogP contribution in [0.15, 0.2) is 24.3 Å². The van der Waals surface area contributed by atoms with Crippen molar-refractivity contribution >= 4 is 5.91 Å². The van der Waals surface area contributed by atoms with Crippen LogP contribution in [-0.2, 0) is 0 Å². The van der Waals surface area contributed by atoms with Crippen LogP contribution in [0.5, 0.6) is 0 Å². The largest absolute Gasteiger partial charge is 0.336 e. The van der Waals surface area contributed by atoms with E-state index in [0.717, 1.165) is 37.1 Å². The van der Waals surface area contributed by atoms with E-state index in [1.54, 1.807) is 0 Å². The lowest BCUT2D eigenvalue weighted by Gasteiger charge is -2.38. The third-order valence-corrected chi connectivity index (χ3v) is 5.49. The van der Waals surface area contributed by atoms with Gasteiger partial charge in [-0.05, 0) is 70.2 Å². The Labute approximate surface area is 140 Å². The number of amides is 1. The number of carbonyl (C=O) groups is 1. The number of hydrogen-bond donors (Lipinski definition) is 0. The normalized spacial score (nSPS) is 23.0. The monoisotopic (exact) mass is 314 g/mol. The molecule has 0 aliphatic carbocycles. The van der Waals surface area contributed by atoms with Gasteiger partial charge in [0.15, 0.2) is 0 Å². The highest BCUT2D eigenvalue weighted by atomic mass is 16.2. The summed E-state index contributed by atoms with van der Waals surface area (Å²) in [6, 6.07) is 8.44. The first-order chi connectivity index (χ1) is 11.3. The molecule has 1 aromatic carbocycles. The van der Waals surface area contributed by atoms with Gasteiger partial charge in [-0.2, -0.15) is 0 Å². The van der Waals surface area contributed by atoms with Gasteiger partial charge in [0.2, 0.25) is 0 Å². The fourth-order valence-corrected chi connectivity index (χ4v) is 4.05. The summed E-state index contributed by atoms with van der Waals surface area (Å²) in [4.78, 5) is 17.7. The molecular formula is C20H30N2O. The number of hydrogen-bond acceptors (Lipinski definition) is 2. The number of piperidine rings is 2. The smallest absolute Gasteiger partial charge is 0.254 e. The second-order valence-electron chi connectivity index (χ2n) is 7.15. The maximum Gasteiger partial charge on any atom is 0.254 e. The second kappa shape index (κ2) is 7.96. The fraction of sp³-hybridized carbons (Fsp3) is 0.650. The van der Waals surface area contributed by atoms with Gasteiger partial charge in [0, 0.05) is 24.7 Å². The van der Waals surface area contributed by atoms with Gasteiger partial charge in [0.25, 0.3) is 5.91 Å². The molecule has 126 valence electrons. The van der Waals surface area contributed by atoms with Crippen molar-refractivity contribution in [2.75, 3.05) is 26.2 Å². The summed E-state index contributed by atoms with van der Waals surface area (Å²) in [5.74, 6) is 0.242. The third kappa shape index (κ3) is 4.14. The van der Waals surface area contributed by atoms with Gasteiger partial charge in [-0.15, -0.1) is 0 Å². The van der Waals surface area contributed by atoms with E-state index in [4.69, 9.17) is 0 Å². The van der Waals surface area contributed by atoms with Crippen molar-refractivity contribution in [3.63, 3.8) is 0 Å². The van der Waals surface area contributed by atoms with Crippen LogP contribution in [-0.4, -0.2) is 47.9 Å². The molecule has 1 aromatic rings. The molecule has 2 aliphatic rings. The SMILES string of the molecule is Cc1ccccc1C(=O)N1CCCC[C@@H]1CCN1CCCCC1. The lowest BCUT2D eigenvalue weighted by Crippen LogP contribution is -2.45. The lowest BCUT2D eigenvalue weighted by molar-refractivity contribution is 0.0578. The molecule has 0 bridgehead atoms. The highest BCUT2D eigenvalue weighted by molar-refractivity contribution is 5.95. The van der Waals surface area contributed by atoms with Crippen LogP contribution in [0.25, 0.3) is 0 Å². The molecule has 2 fully saturated rings. The van der Waals surface area contributed by atoms with Gasteiger partial charge in [0.1, 0.15) is 0 Å². The van der Waals surface area contributed by atoms with E-state index in [9.17, 15) is 4.79 Å². The molecule has 0 N–H and O–H groups in total. The Morgan fingerprint density at radius 2 is 1.78 bits per heavy atom. The molecule has 23 heavy (non-hydrogen) atoms. The van der Waals surface area contributed by atoms with Crippen molar-refractivity contribution in [1.82, 2.24) is 9.80 Å². The van der Waals surface area contributed by atoms with Crippen molar-refractivity contribution in [2.24, 2.45) is 0 Å². The van der Waals surface area contributed by atoms with Gasteiger partial charge >= 0.3 is 0 Å². The first-order valence-electron chi connectivity index (χ1n) is 9.34. The van der Waals surface area contributed by atoms with Crippen LogP contribution in [0.2, 0.25) is 0 Å². The zero-order valence-corrected chi connectivity index (χ0v) is 14.5. The molecular weight excluding hydrogens is 284 g/mol. The molecule has 2 heterocycles. The number of benzene rings is 1. The predicted octanol–water partition coefficient (Wildman–Crippen LogP) is 3.87. The van der Waals surface area contributed by atoms with Crippen LogP contribution in [0.4, 0.5) is 0 Å². The molecule has 3 nitrogen and oxygen atoms in total. The summed E-state index contributed by atoms with van der Waals surface area (Å²) in [7, 11) is 0. The Morgan fingerprint density at radius 1 is 1.04 bits per heavy atom. The van der Waals surface area contributed by atoms with Gasteiger partial charge < -0.3 is 9.80 Å². The molecule has 2 saturated heterocycles. The Kier molecular flexibility index (Phi) is 5.71. The molecule has 3 heteroatoms. The van der Waals surface area contributed by atoms with Gasteiger partial charge in [-0.3, -0.25) is 4.79 Å². The molecule has 1 atom stereocenters. The number of nitrogens with zero attached hydrogens (tertiary/aromatic N) is 2. The number of likely N-dealkylation sites (tertiary alicyclic amines) is 2. The number of rotatable bonds is 4. The number of carbonyl (C=O) groups excluding carboxylic acids is 1. The van der Waals surface area contributed by atoms with Crippen molar-refractivity contribution in [1.29, 1.82) is 0 Å². The average Bonchev–Trinajstić information content (AvgIpc) is 2.61. The van der Waals surface area contributed by atoms with E-state index < -0.39 is 0 Å². The predicted molar refractivity (Wildman–Crippen MR) is 94.8 cm³/mol. The van der Waals surface area contributed by atoms with E-state index >= 15 is 0 Å².